The first-order valence-electron chi connectivity index (χ1n) is 25.2. The summed E-state index contributed by atoms with van der Waals surface area (Å²) in [7, 11) is 5.54. The summed E-state index contributed by atoms with van der Waals surface area (Å²) in [6.45, 7) is 4.64. The number of carbonyl (C=O) groups is 3. The topological polar surface area (TPSA) is 99.1 Å². The summed E-state index contributed by atoms with van der Waals surface area (Å²) >= 11 is 0. The van der Waals surface area contributed by atoms with Crippen LogP contribution in [0.1, 0.15) is 219 Å². The van der Waals surface area contributed by atoms with Gasteiger partial charge in [0.15, 0.2) is 12.1 Å². The average Bonchev–Trinajstić information content (AvgIpc) is 3.22. The summed E-state index contributed by atoms with van der Waals surface area (Å²) < 4.78 is 17.3. The van der Waals surface area contributed by atoms with E-state index in [9.17, 15) is 19.5 Å². The third-order valence-corrected chi connectivity index (χ3v) is 11.2. The number of unbranched alkanes of at least 4 members (excludes halogenated alkanes) is 23. The summed E-state index contributed by atoms with van der Waals surface area (Å²) in [6, 6.07) is -0.615. The maximum Gasteiger partial charge on any atom is 0.362 e. The van der Waals surface area contributed by atoms with Gasteiger partial charge in [-0.1, -0.05) is 197 Å². The number of quaternary nitrogens is 1. The molecule has 0 aromatic heterocycles. The highest BCUT2D eigenvalue weighted by Crippen LogP contribution is 2.16. The van der Waals surface area contributed by atoms with Crippen molar-refractivity contribution in [2.75, 3.05) is 41.0 Å². The molecule has 61 heavy (non-hydrogen) atoms. The Morgan fingerprint density at radius 3 is 1.36 bits per heavy atom. The fourth-order valence-corrected chi connectivity index (χ4v) is 7.38. The van der Waals surface area contributed by atoms with Crippen molar-refractivity contribution >= 4 is 17.9 Å². The fraction of sp³-hybridized carbons (Fsp3) is 0.792. The minimum absolute atomic E-state index is 0.0522. The third-order valence-electron chi connectivity index (χ3n) is 11.2. The van der Waals surface area contributed by atoms with E-state index in [1.165, 1.54) is 116 Å². The molecule has 0 aromatic carbocycles. The van der Waals surface area contributed by atoms with Crippen molar-refractivity contribution in [2.45, 2.75) is 231 Å². The Kier molecular flexibility index (Phi) is 42.0. The molecule has 354 valence electrons. The lowest BCUT2D eigenvalue weighted by molar-refractivity contribution is -0.887. The second kappa shape index (κ2) is 43.9. The van der Waals surface area contributed by atoms with E-state index in [4.69, 9.17) is 14.2 Å². The van der Waals surface area contributed by atoms with Crippen LogP contribution >= 0.6 is 0 Å². The number of hydrogen-bond acceptors (Lipinski definition) is 6. The van der Waals surface area contributed by atoms with E-state index in [-0.39, 0.29) is 36.2 Å². The van der Waals surface area contributed by atoms with Crippen molar-refractivity contribution in [2.24, 2.45) is 0 Å². The quantitative estimate of drug-likeness (QED) is 0.0282. The van der Waals surface area contributed by atoms with E-state index in [1.54, 1.807) is 0 Å². The summed E-state index contributed by atoms with van der Waals surface area (Å²) in [5.41, 5.74) is 0. The molecule has 0 aliphatic rings. The Hall–Kier alpha value is -2.71. The zero-order valence-corrected chi connectivity index (χ0v) is 40.4. The van der Waals surface area contributed by atoms with Gasteiger partial charge in [0.2, 0.25) is 0 Å². The molecule has 0 rings (SSSR count). The minimum Gasteiger partial charge on any atom is -0.477 e. The van der Waals surface area contributed by atoms with E-state index in [0.717, 1.165) is 70.6 Å². The lowest BCUT2D eigenvalue weighted by atomic mass is 10.0. The van der Waals surface area contributed by atoms with Crippen molar-refractivity contribution in [3.05, 3.63) is 48.6 Å². The SMILES string of the molecule is CC/C=C/C/C=C/C/C=C/C/C=C/CCCCCCCCCCCC(=O)OCC(COCCC(C(=O)O)[N+](C)(C)C)OC(=O)CCCCCCCCCCCCCCCCC. The number of allylic oxidation sites excluding steroid dienone is 8. The molecule has 2 unspecified atom stereocenters. The molecule has 1 N–H and O–H groups in total. The Morgan fingerprint density at radius 1 is 0.508 bits per heavy atom. The van der Waals surface area contributed by atoms with Gasteiger partial charge >= 0.3 is 17.9 Å². The Balaban J connectivity index is 4.23. The number of ether oxygens (including phenoxy) is 3. The molecule has 0 aromatic rings. The smallest absolute Gasteiger partial charge is 0.362 e. The number of likely N-dealkylation sites (N-methyl/N-ethyl adjacent to an activating group) is 1. The number of carboxylic acid groups (broad SMARTS) is 1. The zero-order chi connectivity index (χ0) is 44.9. The summed E-state index contributed by atoms with van der Waals surface area (Å²) in [6.07, 6.45) is 53.0. The molecular formula is C53H96NO7+. The summed E-state index contributed by atoms with van der Waals surface area (Å²) in [4.78, 5) is 37.1. The maximum absolute atomic E-state index is 12.8. The van der Waals surface area contributed by atoms with Gasteiger partial charge in [-0.05, 0) is 51.4 Å². The first-order valence-corrected chi connectivity index (χ1v) is 25.2. The Labute approximate surface area is 376 Å². The predicted octanol–water partition coefficient (Wildman–Crippen LogP) is 14.4. The van der Waals surface area contributed by atoms with Gasteiger partial charge in [-0.25, -0.2) is 4.79 Å². The molecule has 8 nitrogen and oxygen atoms in total. The monoisotopic (exact) mass is 859 g/mol. The number of nitrogens with zero attached hydrogens (tertiary/aromatic N) is 1. The highest BCUT2D eigenvalue weighted by atomic mass is 16.6. The van der Waals surface area contributed by atoms with Gasteiger partial charge in [-0.2, -0.15) is 0 Å². The fourth-order valence-electron chi connectivity index (χ4n) is 7.38. The first kappa shape index (κ1) is 58.3. The van der Waals surface area contributed by atoms with Crippen LogP contribution in [0.25, 0.3) is 0 Å². The second-order valence-corrected chi connectivity index (χ2v) is 18.1. The van der Waals surface area contributed by atoms with Crippen LogP contribution in [0.2, 0.25) is 0 Å². The number of carboxylic acids is 1. The van der Waals surface area contributed by atoms with Crippen LogP contribution in [-0.4, -0.2) is 80.6 Å². The number of rotatable bonds is 45. The number of carbonyl (C=O) groups excluding carboxylic acids is 2. The summed E-state index contributed by atoms with van der Waals surface area (Å²) in [5.74, 6) is -1.46. The number of aliphatic carboxylic acids is 1. The van der Waals surface area contributed by atoms with Crippen LogP contribution in [0, 0.1) is 0 Å². The van der Waals surface area contributed by atoms with Gasteiger partial charge < -0.3 is 23.8 Å². The van der Waals surface area contributed by atoms with Crippen LogP contribution in [0.3, 0.4) is 0 Å². The lowest BCUT2D eigenvalue weighted by Crippen LogP contribution is -2.50. The van der Waals surface area contributed by atoms with Gasteiger partial charge in [0.1, 0.15) is 6.61 Å². The maximum atomic E-state index is 12.8. The average molecular weight is 859 g/mol. The zero-order valence-electron chi connectivity index (χ0n) is 40.4. The van der Waals surface area contributed by atoms with Gasteiger partial charge in [0.25, 0.3) is 0 Å². The molecule has 0 fully saturated rings. The molecule has 0 radical (unpaired) electrons. The predicted molar refractivity (Wildman–Crippen MR) is 257 cm³/mol. The largest absolute Gasteiger partial charge is 0.477 e. The van der Waals surface area contributed by atoms with Gasteiger partial charge in [0.05, 0.1) is 34.4 Å². The second-order valence-electron chi connectivity index (χ2n) is 18.1. The van der Waals surface area contributed by atoms with Crippen LogP contribution < -0.4 is 0 Å². The van der Waals surface area contributed by atoms with E-state index in [1.807, 2.05) is 21.1 Å². The third kappa shape index (κ3) is 42.4. The lowest BCUT2D eigenvalue weighted by Gasteiger charge is -2.31. The first-order chi connectivity index (χ1) is 29.6. The van der Waals surface area contributed by atoms with E-state index in [2.05, 4.69) is 62.5 Å². The molecule has 0 aliphatic carbocycles. The van der Waals surface area contributed by atoms with Gasteiger partial charge in [0, 0.05) is 19.3 Å². The van der Waals surface area contributed by atoms with Crippen molar-refractivity contribution in [1.82, 2.24) is 0 Å². The van der Waals surface area contributed by atoms with Crippen LogP contribution in [-0.2, 0) is 28.6 Å². The van der Waals surface area contributed by atoms with Gasteiger partial charge in [-0.3, -0.25) is 9.59 Å². The molecule has 0 bridgehead atoms. The molecule has 0 aliphatic heterocycles. The normalized spacial score (nSPS) is 13.3. The van der Waals surface area contributed by atoms with E-state index >= 15 is 0 Å². The standard InChI is InChI=1S/C53H95NO7/c1-6-8-10-12-14-16-18-20-22-23-24-25-26-27-28-30-31-33-35-37-39-41-43-51(55)60-48-49(47-59-46-45-50(53(57)58)54(3,4)5)61-52(56)44-42-40-38-36-34-32-29-21-19-17-15-13-11-9-7-2/h8,10,14,16,20,22,24-25,49-50H,6-7,9,11-13,15,17-19,21,23,26-48H2,1-5H3/p+1/b10-8+,16-14+,22-20+,25-24+. The number of esters is 2. The van der Waals surface area contributed by atoms with Crippen molar-refractivity contribution in [3.63, 3.8) is 0 Å². The number of hydrogen-bond donors (Lipinski definition) is 1. The minimum atomic E-state index is -0.874. The Morgan fingerprint density at radius 2 is 0.918 bits per heavy atom. The highest BCUT2D eigenvalue weighted by molar-refractivity contribution is 5.72. The highest BCUT2D eigenvalue weighted by Gasteiger charge is 2.31. The molecule has 0 amide bonds. The molecule has 0 heterocycles. The Bertz CT molecular complexity index is 1140. The van der Waals surface area contributed by atoms with Crippen LogP contribution in [0.15, 0.2) is 48.6 Å². The van der Waals surface area contributed by atoms with Crippen LogP contribution in [0.4, 0.5) is 0 Å². The van der Waals surface area contributed by atoms with E-state index < -0.39 is 18.1 Å². The van der Waals surface area contributed by atoms with Crippen LogP contribution in [0.5, 0.6) is 0 Å². The molecular weight excluding hydrogens is 763 g/mol. The van der Waals surface area contributed by atoms with Crippen molar-refractivity contribution in [1.29, 1.82) is 0 Å². The molecule has 0 saturated carbocycles. The molecule has 8 heteroatoms. The van der Waals surface area contributed by atoms with Crippen molar-refractivity contribution < 1.29 is 38.2 Å². The molecule has 2 atom stereocenters. The molecule has 0 saturated heterocycles. The molecule has 0 spiro atoms. The summed E-state index contributed by atoms with van der Waals surface area (Å²) in [5, 5.41) is 9.65. The van der Waals surface area contributed by atoms with Gasteiger partial charge in [-0.15, -0.1) is 0 Å². The van der Waals surface area contributed by atoms with Crippen molar-refractivity contribution in [3.8, 4) is 0 Å². The van der Waals surface area contributed by atoms with E-state index in [0.29, 0.717) is 19.3 Å².